The van der Waals surface area contributed by atoms with Crippen molar-refractivity contribution >= 4 is 43.3 Å². The molecule has 2 unspecified atom stereocenters. The second-order valence-electron chi connectivity index (χ2n) is 4.83. The van der Waals surface area contributed by atoms with Crippen LogP contribution in [0.25, 0.3) is 0 Å². The lowest BCUT2D eigenvalue weighted by atomic mass is 10.0. The van der Waals surface area contributed by atoms with Gasteiger partial charge in [0.15, 0.2) is 0 Å². The standard InChI is InChI=1S/C13H13Br2NO/c14-8-1-4-13(12(15)5-8)16-9-2-3-10(16)7-11(17)6-9/h1,4-5,9-10H,2-3,6-7H2. The van der Waals surface area contributed by atoms with E-state index in [0.29, 0.717) is 17.9 Å². The van der Waals surface area contributed by atoms with Crippen LogP contribution in [-0.2, 0) is 4.79 Å². The molecule has 0 N–H and O–H groups in total. The Hall–Kier alpha value is -0.350. The molecule has 0 aliphatic carbocycles. The zero-order valence-corrected chi connectivity index (χ0v) is 12.5. The summed E-state index contributed by atoms with van der Waals surface area (Å²) in [6.45, 7) is 0. The zero-order valence-electron chi connectivity index (χ0n) is 9.33. The first kappa shape index (κ1) is 11.7. The van der Waals surface area contributed by atoms with Gasteiger partial charge in [-0.1, -0.05) is 15.9 Å². The first-order chi connectivity index (χ1) is 8.15. The van der Waals surface area contributed by atoms with Crippen LogP contribution in [-0.4, -0.2) is 17.9 Å². The molecule has 0 aromatic heterocycles. The minimum Gasteiger partial charge on any atom is -0.364 e. The summed E-state index contributed by atoms with van der Waals surface area (Å²) in [4.78, 5) is 14.0. The number of hydrogen-bond acceptors (Lipinski definition) is 2. The van der Waals surface area contributed by atoms with Crippen molar-refractivity contribution in [3.63, 3.8) is 0 Å². The topological polar surface area (TPSA) is 20.3 Å². The Kier molecular flexibility index (Phi) is 3.03. The van der Waals surface area contributed by atoms with Gasteiger partial charge in [-0.05, 0) is 47.0 Å². The van der Waals surface area contributed by atoms with Crippen LogP contribution >= 0.6 is 31.9 Å². The fraction of sp³-hybridized carbons (Fsp3) is 0.462. The predicted molar refractivity (Wildman–Crippen MR) is 75.4 cm³/mol. The Morgan fingerprint density at radius 1 is 1.12 bits per heavy atom. The molecule has 2 aliphatic rings. The lowest BCUT2D eigenvalue weighted by molar-refractivity contribution is -0.120. The van der Waals surface area contributed by atoms with E-state index in [1.54, 1.807) is 0 Å². The number of anilines is 1. The van der Waals surface area contributed by atoms with Crippen LogP contribution in [0.5, 0.6) is 0 Å². The second kappa shape index (κ2) is 4.39. The number of rotatable bonds is 1. The van der Waals surface area contributed by atoms with Crippen molar-refractivity contribution in [1.29, 1.82) is 0 Å². The highest BCUT2D eigenvalue weighted by molar-refractivity contribution is 9.11. The molecule has 2 heterocycles. The van der Waals surface area contributed by atoms with Crippen molar-refractivity contribution in [3.8, 4) is 0 Å². The number of ketones is 1. The van der Waals surface area contributed by atoms with Crippen LogP contribution in [0.15, 0.2) is 27.1 Å². The summed E-state index contributed by atoms with van der Waals surface area (Å²) < 4.78 is 2.19. The van der Waals surface area contributed by atoms with Gasteiger partial charge in [0.2, 0.25) is 0 Å². The number of benzene rings is 1. The average molecular weight is 359 g/mol. The molecule has 1 aromatic carbocycles. The van der Waals surface area contributed by atoms with Crippen molar-refractivity contribution < 1.29 is 4.79 Å². The zero-order chi connectivity index (χ0) is 12.0. The Morgan fingerprint density at radius 3 is 2.35 bits per heavy atom. The maximum absolute atomic E-state index is 11.6. The van der Waals surface area contributed by atoms with E-state index in [2.05, 4.69) is 55.0 Å². The van der Waals surface area contributed by atoms with E-state index in [1.165, 1.54) is 5.69 Å². The van der Waals surface area contributed by atoms with Gasteiger partial charge in [0.25, 0.3) is 0 Å². The molecule has 0 radical (unpaired) electrons. The van der Waals surface area contributed by atoms with Gasteiger partial charge < -0.3 is 4.90 Å². The maximum atomic E-state index is 11.6. The predicted octanol–water partition coefficient (Wildman–Crippen LogP) is 3.91. The van der Waals surface area contributed by atoms with E-state index < -0.39 is 0 Å². The molecule has 0 amide bonds. The number of halogens is 2. The van der Waals surface area contributed by atoms with Crippen LogP contribution in [0.1, 0.15) is 25.7 Å². The van der Waals surface area contributed by atoms with Crippen molar-refractivity contribution in [2.24, 2.45) is 0 Å². The molecule has 17 heavy (non-hydrogen) atoms. The average Bonchev–Trinajstić information content (AvgIpc) is 2.53. The number of Topliss-reactive ketones (excluding diaryl/α,β-unsaturated/α-hetero) is 1. The number of fused-ring (bicyclic) bond motifs is 2. The summed E-state index contributed by atoms with van der Waals surface area (Å²) in [7, 11) is 0. The monoisotopic (exact) mass is 357 g/mol. The van der Waals surface area contributed by atoms with E-state index in [1.807, 2.05) is 0 Å². The molecule has 90 valence electrons. The lowest BCUT2D eigenvalue weighted by Crippen LogP contribution is -2.43. The molecule has 0 spiro atoms. The van der Waals surface area contributed by atoms with E-state index in [9.17, 15) is 4.79 Å². The highest BCUT2D eigenvalue weighted by Crippen LogP contribution is 2.41. The Bertz CT molecular complexity index is 458. The molecule has 2 fully saturated rings. The second-order valence-corrected chi connectivity index (χ2v) is 6.60. The van der Waals surface area contributed by atoms with E-state index in [4.69, 9.17) is 0 Å². The first-order valence-electron chi connectivity index (χ1n) is 5.90. The van der Waals surface area contributed by atoms with Gasteiger partial charge in [-0.3, -0.25) is 4.79 Å². The third-order valence-corrected chi connectivity index (χ3v) is 4.86. The summed E-state index contributed by atoms with van der Waals surface area (Å²) in [6, 6.07) is 7.11. The molecule has 2 atom stereocenters. The van der Waals surface area contributed by atoms with Gasteiger partial charge in [0.05, 0.1) is 5.69 Å². The maximum Gasteiger partial charge on any atom is 0.137 e. The molecular formula is C13H13Br2NO. The van der Waals surface area contributed by atoms with E-state index in [0.717, 1.165) is 34.6 Å². The van der Waals surface area contributed by atoms with E-state index >= 15 is 0 Å². The summed E-state index contributed by atoms with van der Waals surface area (Å²) in [5.74, 6) is 0.432. The van der Waals surface area contributed by atoms with Gasteiger partial charge in [0.1, 0.15) is 5.78 Å². The van der Waals surface area contributed by atoms with Crippen LogP contribution in [0.3, 0.4) is 0 Å². The van der Waals surface area contributed by atoms with Gasteiger partial charge in [-0.25, -0.2) is 0 Å². The van der Waals surface area contributed by atoms with Crippen LogP contribution in [0, 0.1) is 0 Å². The Balaban J connectivity index is 1.97. The van der Waals surface area contributed by atoms with Crippen LogP contribution in [0.2, 0.25) is 0 Å². The molecular weight excluding hydrogens is 346 g/mol. The van der Waals surface area contributed by atoms with Gasteiger partial charge in [0, 0.05) is 33.9 Å². The minimum atomic E-state index is 0.415. The fourth-order valence-electron chi connectivity index (χ4n) is 3.05. The van der Waals surface area contributed by atoms with Gasteiger partial charge in [-0.15, -0.1) is 0 Å². The minimum absolute atomic E-state index is 0.415. The van der Waals surface area contributed by atoms with Crippen molar-refractivity contribution in [3.05, 3.63) is 27.1 Å². The number of piperidine rings is 1. The summed E-state index contributed by atoms with van der Waals surface area (Å²) in [6.07, 6.45) is 3.75. The molecule has 1 aromatic rings. The third-order valence-electron chi connectivity index (χ3n) is 3.73. The SMILES string of the molecule is O=C1CC2CCC(C1)N2c1ccc(Br)cc1Br. The van der Waals surface area contributed by atoms with Crippen LogP contribution < -0.4 is 4.90 Å². The number of nitrogens with zero attached hydrogens (tertiary/aromatic N) is 1. The summed E-state index contributed by atoms with van der Waals surface area (Å²) >= 11 is 7.10. The quantitative estimate of drug-likeness (QED) is 0.758. The highest BCUT2D eigenvalue weighted by atomic mass is 79.9. The lowest BCUT2D eigenvalue weighted by Gasteiger charge is -2.36. The third kappa shape index (κ3) is 2.06. The summed E-state index contributed by atoms with van der Waals surface area (Å²) in [5.41, 5.74) is 1.23. The molecule has 2 saturated heterocycles. The molecule has 3 rings (SSSR count). The Labute approximate surface area is 118 Å². The smallest absolute Gasteiger partial charge is 0.137 e. The van der Waals surface area contributed by atoms with Gasteiger partial charge >= 0.3 is 0 Å². The van der Waals surface area contributed by atoms with Crippen LogP contribution in [0.4, 0.5) is 5.69 Å². The number of hydrogen-bond donors (Lipinski definition) is 0. The highest BCUT2D eigenvalue weighted by Gasteiger charge is 2.40. The van der Waals surface area contributed by atoms with Crippen molar-refractivity contribution in [1.82, 2.24) is 0 Å². The fourth-order valence-corrected chi connectivity index (χ4v) is 4.31. The number of carbonyl (C=O) groups is 1. The number of carbonyl (C=O) groups excluding carboxylic acids is 1. The first-order valence-corrected chi connectivity index (χ1v) is 7.49. The van der Waals surface area contributed by atoms with E-state index in [-0.39, 0.29) is 0 Å². The summed E-state index contributed by atoms with van der Waals surface area (Å²) in [5, 5.41) is 0. The largest absolute Gasteiger partial charge is 0.364 e. The van der Waals surface area contributed by atoms with Crippen molar-refractivity contribution in [2.75, 3.05) is 4.90 Å². The van der Waals surface area contributed by atoms with Gasteiger partial charge in [-0.2, -0.15) is 0 Å². The Morgan fingerprint density at radius 2 is 1.76 bits per heavy atom. The molecule has 2 bridgehead atoms. The van der Waals surface area contributed by atoms with Crippen molar-refractivity contribution in [2.45, 2.75) is 37.8 Å². The normalized spacial score (nSPS) is 27.6. The molecule has 2 aliphatic heterocycles. The molecule has 4 heteroatoms. The molecule has 2 nitrogen and oxygen atoms in total. The molecule has 0 saturated carbocycles.